The van der Waals surface area contributed by atoms with Crippen LogP contribution in [-0.2, 0) is 6.54 Å². The van der Waals surface area contributed by atoms with Crippen LogP contribution in [0.2, 0.25) is 0 Å². The Kier molecular flexibility index (Phi) is 3.91. The molecule has 2 aromatic rings. The average molecular weight is 256 g/mol. The first-order valence-corrected chi connectivity index (χ1v) is 6.95. The van der Waals surface area contributed by atoms with Crippen molar-refractivity contribution in [3.63, 3.8) is 0 Å². The van der Waals surface area contributed by atoms with Gasteiger partial charge in [-0.3, -0.25) is 0 Å². The van der Waals surface area contributed by atoms with E-state index in [1.165, 1.54) is 18.4 Å². The highest BCUT2D eigenvalue weighted by Gasteiger charge is 2.19. The highest BCUT2D eigenvalue weighted by molar-refractivity contribution is 5.30. The van der Waals surface area contributed by atoms with Crippen molar-refractivity contribution in [2.45, 2.75) is 25.4 Å². The zero-order valence-corrected chi connectivity index (χ0v) is 11.0. The van der Waals surface area contributed by atoms with E-state index in [9.17, 15) is 0 Å². The molecule has 1 aliphatic carbocycles. The number of rotatable bonds is 7. The predicted octanol–water partition coefficient (Wildman–Crippen LogP) is 1.71. The van der Waals surface area contributed by atoms with E-state index in [-0.39, 0.29) is 0 Å². The summed E-state index contributed by atoms with van der Waals surface area (Å²) >= 11 is 0. The molecule has 100 valence electrons. The Labute approximate surface area is 113 Å². The van der Waals surface area contributed by atoms with Gasteiger partial charge in [-0.15, -0.1) is 0 Å². The number of hydrogen-bond donors (Lipinski definition) is 2. The third-order valence-electron chi connectivity index (χ3n) is 3.30. The lowest BCUT2D eigenvalue weighted by Crippen LogP contribution is -2.28. The van der Waals surface area contributed by atoms with Crippen molar-refractivity contribution in [1.82, 2.24) is 20.4 Å². The molecule has 1 aromatic carbocycles. The standard InChI is InChI=1S/C15H20N4/c1-2-4-15(5-3-1)19-12-13(11-18-19)10-16-8-9-17-14-6-7-14/h1-5,11-12,14,16-17H,6-10H2. The van der Waals surface area contributed by atoms with E-state index < -0.39 is 0 Å². The molecular formula is C15H20N4. The first kappa shape index (κ1) is 12.4. The fraction of sp³-hybridized carbons (Fsp3) is 0.400. The normalized spacial score (nSPS) is 14.7. The summed E-state index contributed by atoms with van der Waals surface area (Å²) in [5.74, 6) is 0. The number of hydrogen-bond acceptors (Lipinski definition) is 3. The number of nitrogens with zero attached hydrogens (tertiary/aromatic N) is 2. The molecule has 2 N–H and O–H groups in total. The molecule has 1 fully saturated rings. The molecule has 4 nitrogen and oxygen atoms in total. The summed E-state index contributed by atoms with van der Waals surface area (Å²) in [7, 11) is 0. The molecule has 1 saturated carbocycles. The Morgan fingerprint density at radius 1 is 1.16 bits per heavy atom. The van der Waals surface area contributed by atoms with Crippen LogP contribution < -0.4 is 10.6 Å². The second-order valence-corrected chi connectivity index (χ2v) is 5.03. The van der Waals surface area contributed by atoms with E-state index in [0.717, 1.165) is 31.4 Å². The third kappa shape index (κ3) is 3.66. The van der Waals surface area contributed by atoms with Crippen molar-refractivity contribution in [3.8, 4) is 5.69 Å². The van der Waals surface area contributed by atoms with Gasteiger partial charge in [-0.05, 0) is 25.0 Å². The molecule has 1 aromatic heterocycles. The van der Waals surface area contributed by atoms with Gasteiger partial charge < -0.3 is 10.6 Å². The molecule has 0 amide bonds. The zero-order chi connectivity index (χ0) is 12.9. The van der Waals surface area contributed by atoms with Gasteiger partial charge in [-0.1, -0.05) is 18.2 Å². The van der Waals surface area contributed by atoms with Gasteiger partial charge in [0, 0.05) is 37.4 Å². The average Bonchev–Trinajstić information content (AvgIpc) is 3.16. The molecule has 0 bridgehead atoms. The van der Waals surface area contributed by atoms with E-state index >= 15 is 0 Å². The molecule has 0 aliphatic heterocycles. The molecule has 4 heteroatoms. The van der Waals surface area contributed by atoms with Crippen molar-refractivity contribution in [2.75, 3.05) is 13.1 Å². The molecule has 0 atom stereocenters. The van der Waals surface area contributed by atoms with Gasteiger partial charge in [-0.25, -0.2) is 4.68 Å². The summed E-state index contributed by atoms with van der Waals surface area (Å²) in [4.78, 5) is 0. The van der Waals surface area contributed by atoms with E-state index in [2.05, 4.69) is 34.1 Å². The molecule has 3 rings (SSSR count). The Balaban J connectivity index is 1.45. The van der Waals surface area contributed by atoms with E-state index in [1.54, 1.807) is 0 Å². The fourth-order valence-electron chi connectivity index (χ4n) is 2.06. The molecule has 1 aliphatic rings. The minimum Gasteiger partial charge on any atom is -0.313 e. The number of para-hydroxylation sites is 1. The van der Waals surface area contributed by atoms with Crippen molar-refractivity contribution < 1.29 is 0 Å². The molecule has 1 heterocycles. The van der Waals surface area contributed by atoms with E-state index in [0.29, 0.717) is 0 Å². The van der Waals surface area contributed by atoms with Gasteiger partial charge in [0.15, 0.2) is 0 Å². The van der Waals surface area contributed by atoms with E-state index in [1.807, 2.05) is 29.1 Å². The maximum atomic E-state index is 4.38. The fourth-order valence-corrected chi connectivity index (χ4v) is 2.06. The largest absolute Gasteiger partial charge is 0.313 e. The Morgan fingerprint density at radius 3 is 2.79 bits per heavy atom. The van der Waals surface area contributed by atoms with Crippen LogP contribution >= 0.6 is 0 Å². The number of nitrogens with one attached hydrogen (secondary N) is 2. The van der Waals surface area contributed by atoms with Gasteiger partial charge in [0.2, 0.25) is 0 Å². The lowest BCUT2D eigenvalue weighted by Gasteiger charge is -2.04. The Bertz CT molecular complexity index is 502. The van der Waals surface area contributed by atoms with E-state index in [4.69, 9.17) is 0 Å². The van der Waals surface area contributed by atoms with Gasteiger partial charge in [-0.2, -0.15) is 5.10 Å². The van der Waals surface area contributed by atoms with Gasteiger partial charge in [0.05, 0.1) is 11.9 Å². The number of aromatic nitrogens is 2. The second kappa shape index (κ2) is 5.99. The molecule has 0 radical (unpaired) electrons. The molecule has 0 unspecified atom stereocenters. The molecule has 0 spiro atoms. The van der Waals surface area contributed by atoms with Crippen LogP contribution in [0.1, 0.15) is 18.4 Å². The molecule has 19 heavy (non-hydrogen) atoms. The van der Waals surface area contributed by atoms with Crippen LogP contribution in [0.15, 0.2) is 42.7 Å². The van der Waals surface area contributed by atoms with Gasteiger partial charge in [0.25, 0.3) is 0 Å². The van der Waals surface area contributed by atoms with Crippen LogP contribution in [0.3, 0.4) is 0 Å². The summed E-state index contributed by atoms with van der Waals surface area (Å²) < 4.78 is 1.92. The zero-order valence-electron chi connectivity index (χ0n) is 11.0. The minimum atomic E-state index is 0.794. The SMILES string of the molecule is c1ccc(-n2cc(CNCCNC3CC3)cn2)cc1. The summed E-state index contributed by atoms with van der Waals surface area (Å²) in [5, 5.41) is 11.3. The number of benzene rings is 1. The van der Waals surface area contributed by atoms with Crippen molar-refractivity contribution in [3.05, 3.63) is 48.3 Å². The molecular weight excluding hydrogens is 236 g/mol. The van der Waals surface area contributed by atoms with Gasteiger partial charge >= 0.3 is 0 Å². The topological polar surface area (TPSA) is 41.9 Å². The van der Waals surface area contributed by atoms with Crippen molar-refractivity contribution in [1.29, 1.82) is 0 Å². The molecule has 0 saturated heterocycles. The summed E-state index contributed by atoms with van der Waals surface area (Å²) in [6.45, 7) is 2.93. The first-order valence-electron chi connectivity index (χ1n) is 6.95. The Hall–Kier alpha value is -1.65. The summed E-state index contributed by atoms with van der Waals surface area (Å²) in [6, 6.07) is 11.0. The monoisotopic (exact) mass is 256 g/mol. The maximum absolute atomic E-state index is 4.38. The second-order valence-electron chi connectivity index (χ2n) is 5.03. The van der Waals surface area contributed by atoms with Crippen molar-refractivity contribution >= 4 is 0 Å². The smallest absolute Gasteiger partial charge is 0.0645 e. The minimum absolute atomic E-state index is 0.794. The quantitative estimate of drug-likeness (QED) is 0.741. The Morgan fingerprint density at radius 2 is 2.00 bits per heavy atom. The van der Waals surface area contributed by atoms with Crippen LogP contribution in [0.4, 0.5) is 0 Å². The predicted molar refractivity (Wildman–Crippen MR) is 76.3 cm³/mol. The van der Waals surface area contributed by atoms with Crippen LogP contribution in [0.5, 0.6) is 0 Å². The summed E-state index contributed by atoms with van der Waals surface area (Å²) in [5.41, 5.74) is 2.32. The van der Waals surface area contributed by atoms with Crippen LogP contribution in [-0.4, -0.2) is 28.9 Å². The highest BCUT2D eigenvalue weighted by atomic mass is 15.3. The van der Waals surface area contributed by atoms with Crippen molar-refractivity contribution in [2.24, 2.45) is 0 Å². The summed E-state index contributed by atoms with van der Waals surface area (Å²) in [6.07, 6.45) is 6.71. The maximum Gasteiger partial charge on any atom is 0.0645 e. The van der Waals surface area contributed by atoms with Gasteiger partial charge in [0.1, 0.15) is 0 Å². The lowest BCUT2D eigenvalue weighted by atomic mass is 10.3. The lowest BCUT2D eigenvalue weighted by molar-refractivity contribution is 0.608. The first-order chi connectivity index (χ1) is 9.42. The van der Waals surface area contributed by atoms with Crippen LogP contribution in [0, 0.1) is 0 Å². The third-order valence-corrected chi connectivity index (χ3v) is 3.30. The van der Waals surface area contributed by atoms with Crippen LogP contribution in [0.25, 0.3) is 5.69 Å². The highest BCUT2D eigenvalue weighted by Crippen LogP contribution is 2.17.